The minimum atomic E-state index is -0.202. The zero-order valence-corrected chi connectivity index (χ0v) is 12.3. The Labute approximate surface area is 125 Å². The highest BCUT2D eigenvalue weighted by molar-refractivity contribution is 5.51. The minimum Gasteiger partial charge on any atom is -0.493 e. The first-order valence-corrected chi connectivity index (χ1v) is 7.82. The van der Waals surface area contributed by atoms with E-state index in [9.17, 15) is 4.39 Å². The van der Waals surface area contributed by atoms with Crippen molar-refractivity contribution in [2.45, 2.75) is 25.4 Å². The summed E-state index contributed by atoms with van der Waals surface area (Å²) in [4.78, 5) is 2.07. The molecule has 2 saturated heterocycles. The molecule has 0 aliphatic carbocycles. The van der Waals surface area contributed by atoms with Crippen LogP contribution >= 0.6 is 0 Å². The van der Waals surface area contributed by atoms with Crippen molar-refractivity contribution in [1.29, 1.82) is 0 Å². The molecule has 21 heavy (non-hydrogen) atoms. The lowest BCUT2D eigenvalue weighted by Crippen LogP contribution is -2.43. The molecule has 1 atom stereocenters. The highest BCUT2D eigenvalue weighted by atomic mass is 19.1. The average Bonchev–Trinajstić information content (AvgIpc) is 3.02. The number of hydrogen-bond acceptors (Lipinski definition) is 4. The number of benzene rings is 1. The van der Waals surface area contributed by atoms with Crippen molar-refractivity contribution in [3.63, 3.8) is 0 Å². The highest BCUT2D eigenvalue weighted by Gasteiger charge is 2.16. The van der Waals surface area contributed by atoms with Crippen LogP contribution in [-0.4, -0.2) is 45.5 Å². The standard InChI is InChI=1S/C16H23FN2O2/c17-15-12-14(21-11-5-13-2-1-10-20-13)3-4-16(15)19-8-6-18-7-9-19/h3-4,12-13,18H,1-2,5-11H2. The molecule has 0 saturated carbocycles. The van der Waals surface area contributed by atoms with Gasteiger partial charge in [-0.05, 0) is 25.0 Å². The smallest absolute Gasteiger partial charge is 0.150 e. The number of rotatable bonds is 5. The lowest BCUT2D eigenvalue weighted by Gasteiger charge is -2.29. The first-order chi connectivity index (χ1) is 10.3. The Morgan fingerprint density at radius 2 is 2.19 bits per heavy atom. The Bertz CT molecular complexity index is 458. The predicted molar refractivity (Wildman–Crippen MR) is 80.6 cm³/mol. The van der Waals surface area contributed by atoms with Gasteiger partial charge in [-0.3, -0.25) is 0 Å². The van der Waals surface area contributed by atoms with Gasteiger partial charge in [0.2, 0.25) is 0 Å². The number of nitrogens with one attached hydrogen (secondary N) is 1. The first-order valence-electron chi connectivity index (χ1n) is 7.82. The van der Waals surface area contributed by atoms with Crippen molar-refractivity contribution in [1.82, 2.24) is 5.32 Å². The molecule has 1 unspecified atom stereocenters. The molecule has 0 amide bonds. The van der Waals surface area contributed by atoms with E-state index in [0.717, 1.165) is 52.0 Å². The van der Waals surface area contributed by atoms with E-state index in [2.05, 4.69) is 10.2 Å². The molecule has 116 valence electrons. The SMILES string of the molecule is Fc1cc(OCCC2CCCO2)ccc1N1CCNCC1. The summed E-state index contributed by atoms with van der Waals surface area (Å²) in [6, 6.07) is 5.17. The maximum Gasteiger partial charge on any atom is 0.150 e. The Morgan fingerprint density at radius 1 is 1.33 bits per heavy atom. The monoisotopic (exact) mass is 294 g/mol. The molecule has 3 rings (SSSR count). The Hall–Kier alpha value is -1.33. The average molecular weight is 294 g/mol. The molecule has 0 bridgehead atoms. The molecule has 1 aromatic carbocycles. The third-order valence-corrected chi connectivity index (χ3v) is 4.11. The Morgan fingerprint density at radius 3 is 2.90 bits per heavy atom. The fraction of sp³-hybridized carbons (Fsp3) is 0.625. The van der Waals surface area contributed by atoms with E-state index in [1.54, 1.807) is 0 Å². The third-order valence-electron chi connectivity index (χ3n) is 4.11. The fourth-order valence-electron chi connectivity index (χ4n) is 2.92. The summed E-state index contributed by atoms with van der Waals surface area (Å²) in [7, 11) is 0. The third kappa shape index (κ3) is 3.86. The van der Waals surface area contributed by atoms with Crippen LogP contribution in [0.25, 0.3) is 0 Å². The van der Waals surface area contributed by atoms with Crippen molar-refractivity contribution in [2.24, 2.45) is 0 Å². The zero-order valence-electron chi connectivity index (χ0n) is 12.3. The maximum absolute atomic E-state index is 14.2. The van der Waals surface area contributed by atoms with Gasteiger partial charge in [-0.1, -0.05) is 0 Å². The van der Waals surface area contributed by atoms with Crippen molar-refractivity contribution in [3.05, 3.63) is 24.0 Å². The second-order valence-corrected chi connectivity index (χ2v) is 5.62. The van der Waals surface area contributed by atoms with E-state index in [-0.39, 0.29) is 5.82 Å². The summed E-state index contributed by atoms with van der Waals surface area (Å²) < 4.78 is 25.4. The summed E-state index contributed by atoms with van der Waals surface area (Å²) >= 11 is 0. The lowest BCUT2D eigenvalue weighted by atomic mass is 10.2. The van der Waals surface area contributed by atoms with Crippen LogP contribution in [0.15, 0.2) is 18.2 Å². The molecular weight excluding hydrogens is 271 g/mol. The molecule has 2 heterocycles. The normalized spacial score (nSPS) is 22.5. The van der Waals surface area contributed by atoms with Gasteiger partial charge in [0, 0.05) is 45.3 Å². The summed E-state index contributed by atoms with van der Waals surface area (Å²) in [5.74, 6) is 0.399. The largest absolute Gasteiger partial charge is 0.493 e. The van der Waals surface area contributed by atoms with Crippen LogP contribution in [0.5, 0.6) is 5.75 Å². The van der Waals surface area contributed by atoms with Crippen LogP contribution < -0.4 is 15.0 Å². The molecule has 0 spiro atoms. The zero-order chi connectivity index (χ0) is 14.5. The molecule has 4 nitrogen and oxygen atoms in total. The van der Waals surface area contributed by atoms with Gasteiger partial charge in [-0.25, -0.2) is 4.39 Å². The van der Waals surface area contributed by atoms with Gasteiger partial charge in [-0.2, -0.15) is 0 Å². The van der Waals surface area contributed by atoms with Crippen LogP contribution in [0.4, 0.5) is 10.1 Å². The Kier molecular flexibility index (Phi) is 4.93. The van der Waals surface area contributed by atoms with Gasteiger partial charge >= 0.3 is 0 Å². The van der Waals surface area contributed by atoms with Gasteiger partial charge < -0.3 is 19.7 Å². The molecule has 2 aliphatic rings. The lowest BCUT2D eigenvalue weighted by molar-refractivity contribution is 0.0903. The van der Waals surface area contributed by atoms with Gasteiger partial charge in [0.25, 0.3) is 0 Å². The van der Waals surface area contributed by atoms with Gasteiger partial charge in [0.05, 0.1) is 18.4 Å². The van der Waals surface area contributed by atoms with E-state index < -0.39 is 0 Å². The number of halogens is 1. The van der Waals surface area contributed by atoms with E-state index >= 15 is 0 Å². The second kappa shape index (κ2) is 7.09. The first kappa shape index (κ1) is 14.6. The second-order valence-electron chi connectivity index (χ2n) is 5.62. The van der Waals surface area contributed by atoms with Gasteiger partial charge in [0.15, 0.2) is 0 Å². The summed E-state index contributed by atoms with van der Waals surface area (Å²) in [5.41, 5.74) is 0.669. The number of anilines is 1. The number of nitrogens with zero attached hydrogens (tertiary/aromatic N) is 1. The molecular formula is C16H23FN2O2. The van der Waals surface area contributed by atoms with Crippen LogP contribution in [0.3, 0.4) is 0 Å². The van der Waals surface area contributed by atoms with Crippen molar-refractivity contribution < 1.29 is 13.9 Å². The maximum atomic E-state index is 14.2. The molecule has 2 aliphatic heterocycles. The van der Waals surface area contributed by atoms with Crippen LogP contribution in [0.2, 0.25) is 0 Å². The van der Waals surface area contributed by atoms with Crippen LogP contribution in [0.1, 0.15) is 19.3 Å². The van der Waals surface area contributed by atoms with Crippen LogP contribution in [0, 0.1) is 5.82 Å². The van der Waals surface area contributed by atoms with Gasteiger partial charge in [0.1, 0.15) is 11.6 Å². The van der Waals surface area contributed by atoms with Crippen molar-refractivity contribution in [3.8, 4) is 5.75 Å². The quantitative estimate of drug-likeness (QED) is 0.902. The molecule has 0 radical (unpaired) electrons. The summed E-state index contributed by atoms with van der Waals surface area (Å²) in [5, 5.41) is 3.27. The van der Waals surface area contributed by atoms with Crippen LogP contribution in [-0.2, 0) is 4.74 Å². The van der Waals surface area contributed by atoms with Crippen molar-refractivity contribution in [2.75, 3.05) is 44.3 Å². The van der Waals surface area contributed by atoms with E-state index in [1.807, 2.05) is 12.1 Å². The number of piperazine rings is 1. The van der Waals surface area contributed by atoms with E-state index in [4.69, 9.17) is 9.47 Å². The number of hydrogen-bond donors (Lipinski definition) is 1. The molecule has 1 N–H and O–H groups in total. The predicted octanol–water partition coefficient (Wildman–Crippen LogP) is 2.18. The summed E-state index contributed by atoms with van der Waals surface area (Å²) in [6.07, 6.45) is 3.44. The topological polar surface area (TPSA) is 33.7 Å². The van der Waals surface area contributed by atoms with Crippen molar-refractivity contribution >= 4 is 5.69 Å². The molecule has 1 aromatic rings. The minimum absolute atomic E-state index is 0.202. The molecule has 5 heteroatoms. The van der Waals surface area contributed by atoms with E-state index in [1.165, 1.54) is 6.07 Å². The molecule has 2 fully saturated rings. The van der Waals surface area contributed by atoms with E-state index in [0.29, 0.717) is 24.1 Å². The summed E-state index contributed by atoms with van der Waals surface area (Å²) in [6.45, 7) is 4.93. The number of ether oxygens (including phenoxy) is 2. The molecule has 0 aromatic heterocycles. The van der Waals surface area contributed by atoms with Gasteiger partial charge in [-0.15, -0.1) is 0 Å². The Balaban J connectivity index is 1.53. The fourth-order valence-corrected chi connectivity index (χ4v) is 2.92. The highest BCUT2D eigenvalue weighted by Crippen LogP contribution is 2.25.